The van der Waals surface area contributed by atoms with Gasteiger partial charge in [-0.05, 0) is 36.5 Å². The van der Waals surface area contributed by atoms with Gasteiger partial charge in [0.1, 0.15) is 0 Å². The molecule has 1 aliphatic rings. The van der Waals surface area contributed by atoms with Gasteiger partial charge in [0.15, 0.2) is 0 Å². The van der Waals surface area contributed by atoms with E-state index in [4.69, 9.17) is 0 Å². The molecule has 0 spiro atoms. The molecule has 0 aromatic heterocycles. The zero-order valence-corrected chi connectivity index (χ0v) is 12.3. The Labute approximate surface area is 115 Å². The molecule has 2 rings (SSSR count). The fourth-order valence-corrected chi connectivity index (χ4v) is 2.96. The third-order valence-corrected chi connectivity index (χ3v) is 4.60. The molecule has 1 aliphatic carbocycles. The Bertz CT molecular complexity index is 522. The SMILES string of the molecule is CC(C)NCc1cccc(S(=O)(=O)NCC2CC2)c1. The molecule has 0 heterocycles. The van der Waals surface area contributed by atoms with Gasteiger partial charge in [-0.1, -0.05) is 26.0 Å². The third kappa shape index (κ3) is 4.60. The predicted molar refractivity (Wildman–Crippen MR) is 76.3 cm³/mol. The molecule has 2 N–H and O–H groups in total. The lowest BCUT2D eigenvalue weighted by Gasteiger charge is -2.10. The van der Waals surface area contributed by atoms with Crippen LogP contribution in [-0.2, 0) is 16.6 Å². The Hall–Kier alpha value is -0.910. The van der Waals surface area contributed by atoms with E-state index in [0.717, 1.165) is 18.4 Å². The summed E-state index contributed by atoms with van der Waals surface area (Å²) in [7, 11) is -3.35. The van der Waals surface area contributed by atoms with Crippen molar-refractivity contribution in [2.24, 2.45) is 5.92 Å². The molecule has 1 saturated carbocycles. The Kier molecular flexibility index (Phi) is 4.60. The van der Waals surface area contributed by atoms with Gasteiger partial charge in [0.05, 0.1) is 4.90 Å². The monoisotopic (exact) mass is 282 g/mol. The molecule has 5 heteroatoms. The minimum atomic E-state index is -3.35. The molecule has 0 radical (unpaired) electrons. The van der Waals surface area contributed by atoms with Crippen LogP contribution in [0.5, 0.6) is 0 Å². The molecule has 0 amide bonds. The van der Waals surface area contributed by atoms with E-state index in [1.54, 1.807) is 18.2 Å². The average Bonchev–Trinajstić information content (AvgIpc) is 3.18. The fraction of sp³-hybridized carbons (Fsp3) is 0.571. The predicted octanol–water partition coefficient (Wildman–Crippen LogP) is 1.87. The molecule has 1 aromatic carbocycles. The number of hydrogen-bond donors (Lipinski definition) is 2. The van der Waals surface area contributed by atoms with E-state index in [1.165, 1.54) is 0 Å². The summed E-state index contributed by atoms with van der Waals surface area (Å²) < 4.78 is 26.9. The first-order valence-electron chi connectivity index (χ1n) is 6.79. The molecule has 106 valence electrons. The van der Waals surface area contributed by atoms with E-state index < -0.39 is 10.0 Å². The summed E-state index contributed by atoms with van der Waals surface area (Å²) in [4.78, 5) is 0.358. The van der Waals surface area contributed by atoms with E-state index in [0.29, 0.717) is 29.9 Å². The number of rotatable bonds is 7. The highest BCUT2D eigenvalue weighted by atomic mass is 32.2. The summed E-state index contributed by atoms with van der Waals surface area (Å²) in [5.41, 5.74) is 0.989. The topological polar surface area (TPSA) is 58.2 Å². The summed E-state index contributed by atoms with van der Waals surface area (Å²) in [5.74, 6) is 0.542. The summed E-state index contributed by atoms with van der Waals surface area (Å²) in [6.07, 6.45) is 2.28. The highest BCUT2D eigenvalue weighted by molar-refractivity contribution is 7.89. The second kappa shape index (κ2) is 6.03. The van der Waals surface area contributed by atoms with Crippen LogP contribution < -0.4 is 10.0 Å². The minimum absolute atomic E-state index is 0.358. The second-order valence-corrected chi connectivity index (χ2v) is 7.25. The van der Waals surface area contributed by atoms with Crippen molar-refractivity contribution >= 4 is 10.0 Å². The van der Waals surface area contributed by atoms with Crippen molar-refractivity contribution < 1.29 is 8.42 Å². The van der Waals surface area contributed by atoms with Crippen molar-refractivity contribution in [2.45, 2.75) is 44.2 Å². The summed E-state index contributed by atoms with van der Waals surface area (Å²) in [6.45, 7) is 5.38. The maximum absolute atomic E-state index is 12.1. The van der Waals surface area contributed by atoms with E-state index >= 15 is 0 Å². The van der Waals surface area contributed by atoms with E-state index in [-0.39, 0.29) is 0 Å². The maximum atomic E-state index is 12.1. The van der Waals surface area contributed by atoms with Crippen LogP contribution in [0.25, 0.3) is 0 Å². The van der Waals surface area contributed by atoms with Crippen LogP contribution in [0.4, 0.5) is 0 Å². The van der Waals surface area contributed by atoms with Crippen LogP contribution in [0.3, 0.4) is 0 Å². The van der Waals surface area contributed by atoms with E-state index in [1.807, 2.05) is 6.07 Å². The molecule has 0 saturated heterocycles. The lowest BCUT2D eigenvalue weighted by atomic mass is 10.2. The highest BCUT2D eigenvalue weighted by Gasteiger charge is 2.24. The van der Waals surface area contributed by atoms with Gasteiger partial charge in [0.25, 0.3) is 0 Å². The lowest BCUT2D eigenvalue weighted by Crippen LogP contribution is -2.26. The second-order valence-electron chi connectivity index (χ2n) is 5.48. The van der Waals surface area contributed by atoms with Crippen molar-refractivity contribution in [1.82, 2.24) is 10.0 Å². The van der Waals surface area contributed by atoms with Crippen LogP contribution >= 0.6 is 0 Å². The van der Waals surface area contributed by atoms with Gasteiger partial charge in [-0.25, -0.2) is 13.1 Å². The minimum Gasteiger partial charge on any atom is -0.310 e. The lowest BCUT2D eigenvalue weighted by molar-refractivity contribution is 0.575. The zero-order valence-electron chi connectivity index (χ0n) is 11.5. The first-order chi connectivity index (χ1) is 8.97. The maximum Gasteiger partial charge on any atom is 0.240 e. The highest BCUT2D eigenvalue weighted by Crippen LogP contribution is 2.28. The molecular formula is C14H22N2O2S. The molecule has 0 unspecified atom stereocenters. The number of nitrogens with one attached hydrogen (secondary N) is 2. The fourth-order valence-electron chi connectivity index (χ4n) is 1.78. The molecule has 4 nitrogen and oxygen atoms in total. The first kappa shape index (κ1) is 14.5. The summed E-state index contributed by atoms with van der Waals surface area (Å²) >= 11 is 0. The van der Waals surface area contributed by atoms with Gasteiger partial charge in [-0.2, -0.15) is 0 Å². The molecule has 1 fully saturated rings. The third-order valence-electron chi connectivity index (χ3n) is 3.18. The Morgan fingerprint density at radius 3 is 2.68 bits per heavy atom. The Balaban J connectivity index is 2.03. The summed E-state index contributed by atoms with van der Waals surface area (Å²) in [6, 6.07) is 7.50. The molecule has 19 heavy (non-hydrogen) atoms. The average molecular weight is 282 g/mol. The van der Waals surface area contributed by atoms with Gasteiger partial charge in [-0.15, -0.1) is 0 Å². The standard InChI is InChI=1S/C14H22N2O2S/c1-11(2)15-9-13-4-3-5-14(8-13)19(17,18)16-10-12-6-7-12/h3-5,8,11-12,15-16H,6-7,9-10H2,1-2H3. The number of benzene rings is 1. The van der Waals surface area contributed by atoms with Gasteiger partial charge >= 0.3 is 0 Å². The molecule has 0 aliphatic heterocycles. The molecule has 1 aromatic rings. The Morgan fingerprint density at radius 2 is 2.05 bits per heavy atom. The Morgan fingerprint density at radius 1 is 1.32 bits per heavy atom. The van der Waals surface area contributed by atoms with E-state index in [2.05, 4.69) is 23.9 Å². The first-order valence-corrected chi connectivity index (χ1v) is 8.27. The van der Waals surface area contributed by atoms with Gasteiger partial charge in [0.2, 0.25) is 10.0 Å². The summed E-state index contributed by atoms with van der Waals surface area (Å²) in [5, 5.41) is 3.29. The van der Waals surface area contributed by atoms with Crippen LogP contribution in [0.1, 0.15) is 32.3 Å². The van der Waals surface area contributed by atoms with Crippen molar-refractivity contribution in [3.05, 3.63) is 29.8 Å². The smallest absolute Gasteiger partial charge is 0.240 e. The van der Waals surface area contributed by atoms with E-state index in [9.17, 15) is 8.42 Å². The van der Waals surface area contributed by atoms with Crippen molar-refractivity contribution in [3.8, 4) is 0 Å². The van der Waals surface area contributed by atoms with Gasteiger partial charge in [0, 0.05) is 19.1 Å². The largest absolute Gasteiger partial charge is 0.310 e. The quantitative estimate of drug-likeness (QED) is 0.802. The zero-order chi connectivity index (χ0) is 13.9. The van der Waals surface area contributed by atoms with Crippen molar-refractivity contribution in [3.63, 3.8) is 0 Å². The number of hydrogen-bond acceptors (Lipinski definition) is 3. The van der Waals surface area contributed by atoms with Gasteiger partial charge in [-0.3, -0.25) is 0 Å². The molecular weight excluding hydrogens is 260 g/mol. The van der Waals surface area contributed by atoms with Crippen molar-refractivity contribution in [2.75, 3.05) is 6.54 Å². The molecule has 0 bridgehead atoms. The van der Waals surface area contributed by atoms with Crippen LogP contribution in [-0.4, -0.2) is 21.0 Å². The van der Waals surface area contributed by atoms with Crippen LogP contribution in [0.15, 0.2) is 29.2 Å². The normalized spacial score (nSPS) is 15.9. The van der Waals surface area contributed by atoms with Crippen molar-refractivity contribution in [1.29, 1.82) is 0 Å². The van der Waals surface area contributed by atoms with Crippen LogP contribution in [0.2, 0.25) is 0 Å². The molecule has 0 atom stereocenters. The number of sulfonamides is 1. The van der Waals surface area contributed by atoms with Gasteiger partial charge < -0.3 is 5.32 Å². The van der Waals surface area contributed by atoms with Crippen LogP contribution in [0, 0.1) is 5.92 Å².